The van der Waals surface area contributed by atoms with Gasteiger partial charge in [-0.3, -0.25) is 0 Å². The highest BCUT2D eigenvalue weighted by molar-refractivity contribution is 6.17. The van der Waals surface area contributed by atoms with Crippen LogP contribution in [0.1, 0.15) is 22.3 Å². The Kier molecular flexibility index (Phi) is 21.4. The molecule has 700 valence electrons. The van der Waals surface area contributed by atoms with Gasteiger partial charge in [-0.15, -0.1) is 0 Å². The summed E-state index contributed by atoms with van der Waals surface area (Å²) in [5.41, 5.74) is 26.3. The van der Waals surface area contributed by atoms with E-state index in [2.05, 4.69) is 316 Å². The number of aromatic nitrogens is 11. The van der Waals surface area contributed by atoms with Gasteiger partial charge in [-0.25, -0.2) is 29.9 Å². The SMILES string of the molecule is Cc1ccc(-c2cc(-c3nc(-c4ccccc4)nc(-c4ccccc4)n3)cc(-c3ccc(C(F)(F)F)cc3)c2-n2c3ccc(-n4c5ccccc5c5ccccc54)cc3c3cc(-n4c5ccccc5c5ccccc54)ccc32)cc1.Cc1ccc(-c2cc(-c3nc(-c4ccccc4)nc(-c4ccccc4)n3)cc(-c3ccc(C(F)(F)F)cc3)c2-n2c3ccccc3c3cc(-n4c5ccccc5c5ccccc54)ccc32)cc1. The number of aryl methyl sites for hydroxylation is 2. The molecular formula is C130H83F6N11. The molecule has 0 radical (unpaired) electrons. The summed E-state index contributed by atoms with van der Waals surface area (Å²) in [6, 6.07) is 155. The maximum Gasteiger partial charge on any atom is 0.416 e. The van der Waals surface area contributed by atoms with E-state index in [0.29, 0.717) is 68.3 Å². The van der Waals surface area contributed by atoms with Crippen molar-refractivity contribution in [2.24, 2.45) is 0 Å². The number of nitrogens with zero attached hydrogens (tertiary/aromatic N) is 11. The lowest BCUT2D eigenvalue weighted by atomic mass is 9.91. The van der Waals surface area contributed by atoms with E-state index in [-0.39, 0.29) is 0 Å². The smallest absolute Gasteiger partial charge is 0.309 e. The van der Waals surface area contributed by atoms with Crippen molar-refractivity contribution in [1.29, 1.82) is 0 Å². The second-order valence-corrected chi connectivity index (χ2v) is 37.2. The summed E-state index contributed by atoms with van der Waals surface area (Å²) in [6.45, 7) is 4.11. The van der Waals surface area contributed by atoms with Crippen LogP contribution in [0.3, 0.4) is 0 Å². The van der Waals surface area contributed by atoms with Gasteiger partial charge < -0.3 is 22.8 Å². The fourth-order valence-corrected chi connectivity index (χ4v) is 21.4. The number of benzene rings is 20. The third-order valence-electron chi connectivity index (χ3n) is 28.3. The number of fused-ring (bicyclic) bond motifs is 15. The molecule has 0 bridgehead atoms. The Morgan fingerprint density at radius 1 is 0.163 bits per heavy atom. The van der Waals surface area contributed by atoms with Crippen LogP contribution in [0, 0.1) is 13.8 Å². The molecule has 147 heavy (non-hydrogen) atoms. The molecule has 0 unspecified atom stereocenters. The Morgan fingerprint density at radius 3 is 0.592 bits per heavy atom. The van der Waals surface area contributed by atoms with Crippen molar-refractivity contribution < 1.29 is 26.3 Å². The van der Waals surface area contributed by atoms with Crippen LogP contribution in [0.15, 0.2) is 467 Å². The van der Waals surface area contributed by atoms with E-state index in [0.717, 1.165) is 194 Å². The molecule has 0 aliphatic rings. The molecule has 0 saturated carbocycles. The van der Waals surface area contributed by atoms with Crippen LogP contribution in [0.2, 0.25) is 0 Å². The van der Waals surface area contributed by atoms with Gasteiger partial charge in [-0.05, 0) is 182 Å². The van der Waals surface area contributed by atoms with Gasteiger partial charge in [0.2, 0.25) is 0 Å². The first-order valence-electron chi connectivity index (χ1n) is 48.7. The zero-order valence-corrected chi connectivity index (χ0v) is 79.1. The quantitative estimate of drug-likeness (QED) is 0.0948. The van der Waals surface area contributed by atoms with Crippen molar-refractivity contribution in [1.82, 2.24) is 52.7 Å². The van der Waals surface area contributed by atoms with Gasteiger partial charge in [0, 0.05) is 127 Å². The highest BCUT2D eigenvalue weighted by atomic mass is 19.4. The van der Waals surface area contributed by atoms with E-state index in [1.807, 2.05) is 140 Å². The van der Waals surface area contributed by atoms with Crippen molar-refractivity contribution in [3.63, 3.8) is 0 Å². The highest BCUT2D eigenvalue weighted by Gasteiger charge is 2.34. The molecule has 7 aromatic heterocycles. The van der Waals surface area contributed by atoms with E-state index in [4.69, 9.17) is 29.9 Å². The summed E-state index contributed by atoms with van der Waals surface area (Å²) in [5, 5.41) is 11.1. The second kappa shape index (κ2) is 35.6. The van der Waals surface area contributed by atoms with Gasteiger partial charge >= 0.3 is 12.4 Å². The molecule has 0 N–H and O–H groups in total. The topological polar surface area (TPSA) is 102 Å². The van der Waals surface area contributed by atoms with Crippen LogP contribution in [-0.4, -0.2) is 52.7 Å². The van der Waals surface area contributed by atoms with Gasteiger partial charge in [0.05, 0.1) is 77.7 Å². The first-order chi connectivity index (χ1) is 72.0. The third-order valence-corrected chi connectivity index (χ3v) is 28.3. The molecule has 0 aliphatic heterocycles. The van der Waals surface area contributed by atoms with Crippen LogP contribution in [-0.2, 0) is 12.4 Å². The van der Waals surface area contributed by atoms with Crippen LogP contribution in [0.5, 0.6) is 0 Å². The lowest BCUT2D eigenvalue weighted by Gasteiger charge is -2.21. The Morgan fingerprint density at radius 2 is 0.354 bits per heavy atom. The predicted octanol–water partition coefficient (Wildman–Crippen LogP) is 34.6. The molecule has 11 nitrogen and oxygen atoms in total. The Hall–Kier alpha value is -19.0. The molecule has 0 fully saturated rings. The molecule has 0 spiro atoms. The first-order valence-corrected chi connectivity index (χ1v) is 48.7. The summed E-state index contributed by atoms with van der Waals surface area (Å²) in [7, 11) is 0. The number of para-hydroxylation sites is 7. The summed E-state index contributed by atoms with van der Waals surface area (Å²) < 4.78 is 97.8. The zero-order valence-electron chi connectivity index (χ0n) is 79.1. The average molecular weight is 1910 g/mol. The van der Waals surface area contributed by atoms with Crippen LogP contribution < -0.4 is 0 Å². The first kappa shape index (κ1) is 88.2. The lowest BCUT2D eigenvalue weighted by Crippen LogP contribution is -2.06. The summed E-state index contributed by atoms with van der Waals surface area (Å²) in [4.78, 5) is 30.6. The minimum Gasteiger partial charge on any atom is -0.309 e. The van der Waals surface area contributed by atoms with Gasteiger partial charge in [-0.2, -0.15) is 26.3 Å². The standard InChI is InChI=1S/C71H45F3N6.C59H38F3N5/c1-44-28-30-45(31-29-44)57-40-49(70-76-68(47-16-4-2-5-17-47)75-69(77-70)48-18-6-3-7-19-48)41-58(46-32-34-50(35-33-46)71(72,73)74)67(57)80-65-38-36-51(78-61-24-12-8-20-53(61)54-21-9-13-25-62(54)78)42-59(65)60-43-52(37-39-66(60)80)79-63-26-14-10-22-55(63)56-23-11-15-27-64(56)79;1-37-24-26-38(27-25-37)48-34-42(58-64-56(40-14-4-2-5-15-40)63-57(65-58)41-16-6-3-7-17-41)35-49(39-28-30-43(31-29-39)59(60,61)62)55(48)67-53-23-13-10-20-47(53)50-36-44(32-33-54(50)67)66-51-21-11-8-18-45(51)46-19-9-12-22-52(46)66/h2-43H,1H3;2-36H,1H3. The highest BCUT2D eigenvalue weighted by Crippen LogP contribution is 2.51. The maximum absolute atomic E-state index is 14.5. The summed E-state index contributed by atoms with van der Waals surface area (Å²) in [5.74, 6) is 2.84. The maximum atomic E-state index is 14.5. The van der Waals surface area contributed by atoms with E-state index >= 15 is 0 Å². The lowest BCUT2D eigenvalue weighted by molar-refractivity contribution is -0.138. The van der Waals surface area contributed by atoms with Crippen LogP contribution in [0.25, 0.3) is 250 Å². The average Bonchev–Trinajstić information content (AvgIpc) is 1.56. The van der Waals surface area contributed by atoms with Gasteiger partial charge in [-0.1, -0.05) is 333 Å². The Bertz CT molecular complexity index is 9430. The second-order valence-electron chi connectivity index (χ2n) is 37.2. The van der Waals surface area contributed by atoms with Crippen molar-refractivity contribution in [3.05, 3.63) is 489 Å². The molecule has 0 amide bonds. The van der Waals surface area contributed by atoms with Gasteiger partial charge in [0.25, 0.3) is 0 Å². The number of alkyl halides is 6. The molecule has 0 saturated heterocycles. The molecule has 0 atom stereocenters. The largest absolute Gasteiger partial charge is 0.416 e. The Labute approximate surface area is 839 Å². The Balaban J connectivity index is 0.000000151. The zero-order chi connectivity index (χ0) is 98.9. The van der Waals surface area contributed by atoms with Crippen LogP contribution in [0.4, 0.5) is 26.3 Å². The molecule has 27 rings (SSSR count). The van der Waals surface area contributed by atoms with E-state index in [1.54, 1.807) is 24.3 Å². The summed E-state index contributed by atoms with van der Waals surface area (Å²) in [6.07, 6.45) is -9.05. The van der Waals surface area contributed by atoms with Crippen molar-refractivity contribution >= 4 is 109 Å². The normalized spacial score (nSPS) is 11.9. The molecule has 20 aromatic carbocycles. The number of rotatable bonds is 15. The fraction of sp³-hybridized carbons (Fsp3) is 0.0308. The van der Waals surface area contributed by atoms with E-state index < -0.39 is 23.5 Å². The van der Waals surface area contributed by atoms with Gasteiger partial charge in [0.1, 0.15) is 0 Å². The van der Waals surface area contributed by atoms with Crippen LogP contribution >= 0.6 is 0 Å². The van der Waals surface area contributed by atoms with E-state index in [1.165, 1.54) is 22.9 Å². The van der Waals surface area contributed by atoms with Crippen molar-refractivity contribution in [2.75, 3.05) is 0 Å². The van der Waals surface area contributed by atoms with Crippen molar-refractivity contribution in [2.45, 2.75) is 26.2 Å². The molecule has 17 heteroatoms. The molecule has 27 aromatic rings. The fourth-order valence-electron chi connectivity index (χ4n) is 21.4. The minimum absolute atomic E-state index is 0.416. The minimum atomic E-state index is -4.54. The number of halogens is 6. The molecular weight excluding hydrogens is 1830 g/mol. The van der Waals surface area contributed by atoms with Gasteiger partial charge in [0.15, 0.2) is 34.9 Å². The molecule has 7 heterocycles. The van der Waals surface area contributed by atoms with Crippen molar-refractivity contribution in [3.8, 4) is 141 Å². The molecule has 0 aliphatic carbocycles. The monoisotopic (exact) mass is 1910 g/mol. The van der Waals surface area contributed by atoms with E-state index in [9.17, 15) is 26.3 Å². The number of hydrogen-bond donors (Lipinski definition) is 0. The third kappa shape index (κ3) is 15.6. The summed E-state index contributed by atoms with van der Waals surface area (Å²) >= 11 is 0. The number of hydrogen-bond acceptors (Lipinski definition) is 6. The predicted molar refractivity (Wildman–Crippen MR) is 585 cm³/mol.